The number of benzene rings is 2. The quantitative estimate of drug-likeness (QED) is 0.582. The molecule has 0 spiro atoms. The Hall–Kier alpha value is -2.68. The molecular formula is C23H26ClN5O2S. The molecule has 1 fully saturated rings. The molecule has 168 valence electrons. The van der Waals surface area contributed by atoms with Gasteiger partial charge in [0.1, 0.15) is 5.82 Å². The topological polar surface area (TPSA) is 78.4 Å². The van der Waals surface area contributed by atoms with Crippen molar-refractivity contribution in [3.63, 3.8) is 0 Å². The molecule has 9 heteroatoms. The van der Waals surface area contributed by atoms with Gasteiger partial charge in [0.2, 0.25) is 16.0 Å². The Morgan fingerprint density at radius 2 is 1.59 bits per heavy atom. The third kappa shape index (κ3) is 5.56. The fraction of sp³-hybridized carbons (Fsp3) is 0.304. The van der Waals surface area contributed by atoms with Crippen molar-refractivity contribution in [2.45, 2.75) is 19.6 Å². The van der Waals surface area contributed by atoms with E-state index in [2.05, 4.69) is 20.2 Å². The van der Waals surface area contributed by atoms with Crippen LogP contribution in [0.5, 0.6) is 0 Å². The van der Waals surface area contributed by atoms with Crippen molar-refractivity contribution in [1.29, 1.82) is 0 Å². The lowest BCUT2D eigenvalue weighted by Crippen LogP contribution is -2.49. The monoisotopic (exact) mass is 471 g/mol. The van der Waals surface area contributed by atoms with E-state index >= 15 is 0 Å². The van der Waals surface area contributed by atoms with Crippen LogP contribution in [0.1, 0.15) is 16.8 Å². The molecule has 0 unspecified atom stereocenters. The Balaban J connectivity index is 1.41. The zero-order valence-electron chi connectivity index (χ0n) is 18.1. The minimum atomic E-state index is -3.40. The van der Waals surface area contributed by atoms with E-state index in [0.717, 1.165) is 22.8 Å². The van der Waals surface area contributed by atoms with Crippen LogP contribution in [0.25, 0.3) is 0 Å². The maximum atomic E-state index is 12.9. The van der Waals surface area contributed by atoms with Gasteiger partial charge in [-0.2, -0.15) is 9.29 Å². The maximum Gasteiger partial charge on any atom is 0.229 e. The third-order valence-electron chi connectivity index (χ3n) is 5.37. The molecule has 0 aliphatic carbocycles. The second-order valence-electron chi connectivity index (χ2n) is 7.95. The van der Waals surface area contributed by atoms with Crippen LogP contribution in [-0.4, -0.2) is 48.9 Å². The van der Waals surface area contributed by atoms with Crippen molar-refractivity contribution in [1.82, 2.24) is 14.3 Å². The van der Waals surface area contributed by atoms with Crippen molar-refractivity contribution in [2.24, 2.45) is 0 Å². The molecule has 32 heavy (non-hydrogen) atoms. The molecule has 3 aromatic rings. The molecule has 1 N–H and O–H groups in total. The molecule has 0 amide bonds. The van der Waals surface area contributed by atoms with Crippen LogP contribution >= 0.6 is 11.6 Å². The first-order valence-corrected chi connectivity index (χ1v) is 12.4. The molecular weight excluding hydrogens is 446 g/mol. The summed E-state index contributed by atoms with van der Waals surface area (Å²) in [6.45, 7) is 5.94. The van der Waals surface area contributed by atoms with E-state index in [-0.39, 0.29) is 5.75 Å². The van der Waals surface area contributed by atoms with Gasteiger partial charge < -0.3 is 10.2 Å². The van der Waals surface area contributed by atoms with Gasteiger partial charge in [-0.15, -0.1) is 0 Å². The molecule has 2 heterocycles. The number of anilines is 3. The van der Waals surface area contributed by atoms with Gasteiger partial charge >= 0.3 is 0 Å². The van der Waals surface area contributed by atoms with Crippen molar-refractivity contribution < 1.29 is 8.42 Å². The van der Waals surface area contributed by atoms with Crippen LogP contribution < -0.4 is 10.2 Å². The van der Waals surface area contributed by atoms with Crippen LogP contribution in [0.15, 0.2) is 54.6 Å². The maximum absolute atomic E-state index is 12.9. The lowest BCUT2D eigenvalue weighted by molar-refractivity contribution is 0.383. The predicted octanol–water partition coefficient (Wildman–Crippen LogP) is 4.14. The van der Waals surface area contributed by atoms with Crippen molar-refractivity contribution >= 4 is 39.1 Å². The predicted molar refractivity (Wildman–Crippen MR) is 129 cm³/mol. The Morgan fingerprint density at radius 3 is 2.25 bits per heavy atom. The van der Waals surface area contributed by atoms with Gasteiger partial charge in [-0.25, -0.2) is 13.4 Å². The van der Waals surface area contributed by atoms with Crippen LogP contribution in [0.4, 0.5) is 17.5 Å². The summed E-state index contributed by atoms with van der Waals surface area (Å²) in [6, 6.07) is 16.9. The van der Waals surface area contributed by atoms with Gasteiger partial charge in [-0.1, -0.05) is 41.4 Å². The molecule has 2 aromatic carbocycles. The molecule has 0 radical (unpaired) electrons. The summed E-state index contributed by atoms with van der Waals surface area (Å²) < 4.78 is 27.3. The summed E-state index contributed by atoms with van der Waals surface area (Å²) in [4.78, 5) is 11.3. The fourth-order valence-electron chi connectivity index (χ4n) is 3.61. The van der Waals surface area contributed by atoms with E-state index in [1.807, 2.05) is 44.2 Å². The van der Waals surface area contributed by atoms with Crippen LogP contribution in [0.2, 0.25) is 5.02 Å². The summed E-state index contributed by atoms with van der Waals surface area (Å²) >= 11 is 5.90. The average molecular weight is 472 g/mol. The lowest BCUT2D eigenvalue weighted by atomic mass is 10.2. The molecule has 0 atom stereocenters. The largest absolute Gasteiger partial charge is 0.354 e. The van der Waals surface area contributed by atoms with Crippen molar-refractivity contribution in [3.05, 3.63) is 76.4 Å². The number of aryl methyl sites for hydroxylation is 2. The number of nitrogens with zero attached hydrogens (tertiary/aromatic N) is 4. The smallest absolute Gasteiger partial charge is 0.229 e. The lowest BCUT2D eigenvalue weighted by Gasteiger charge is -2.34. The highest BCUT2D eigenvalue weighted by atomic mass is 35.5. The second kappa shape index (κ2) is 9.44. The SMILES string of the molecule is Cc1ccc(Nc2nc(C)cc(N3CCN(S(=O)(=O)Cc4ccc(Cl)cc4)CC3)n2)cc1. The number of piperazine rings is 1. The first kappa shape index (κ1) is 22.5. The average Bonchev–Trinajstić information content (AvgIpc) is 2.76. The van der Waals surface area contributed by atoms with E-state index in [1.165, 1.54) is 5.56 Å². The van der Waals surface area contributed by atoms with Gasteiger partial charge in [0.15, 0.2) is 0 Å². The molecule has 1 aliphatic rings. The number of rotatable bonds is 6. The molecule has 7 nitrogen and oxygen atoms in total. The summed E-state index contributed by atoms with van der Waals surface area (Å²) in [5.41, 5.74) is 3.69. The number of hydrogen-bond acceptors (Lipinski definition) is 6. The van der Waals surface area contributed by atoms with Crippen LogP contribution in [-0.2, 0) is 15.8 Å². The van der Waals surface area contributed by atoms with Gasteiger partial charge in [-0.05, 0) is 43.7 Å². The molecule has 0 bridgehead atoms. The number of hydrogen-bond donors (Lipinski definition) is 1. The highest BCUT2D eigenvalue weighted by molar-refractivity contribution is 7.88. The standard InChI is InChI=1S/C23H26ClN5O2S/c1-17-3-9-21(10-4-17)26-23-25-18(2)15-22(27-23)28-11-13-29(14-12-28)32(30,31)16-19-5-7-20(24)8-6-19/h3-10,15H,11-14,16H2,1-2H3,(H,25,26,27). The number of aromatic nitrogens is 2. The van der Waals surface area contributed by atoms with Crippen LogP contribution in [0.3, 0.4) is 0 Å². The van der Waals surface area contributed by atoms with Gasteiger partial charge in [0, 0.05) is 48.6 Å². The van der Waals surface area contributed by atoms with Crippen LogP contribution in [0, 0.1) is 13.8 Å². The summed E-state index contributed by atoms with van der Waals surface area (Å²) in [5.74, 6) is 1.30. The molecule has 4 rings (SSSR count). The van der Waals surface area contributed by atoms with E-state index in [1.54, 1.807) is 28.6 Å². The van der Waals surface area contributed by atoms with Gasteiger partial charge in [0.05, 0.1) is 5.75 Å². The number of halogens is 1. The Labute approximate surface area is 194 Å². The summed E-state index contributed by atoms with van der Waals surface area (Å²) in [5, 5.41) is 3.84. The minimum Gasteiger partial charge on any atom is -0.354 e. The summed E-state index contributed by atoms with van der Waals surface area (Å²) in [7, 11) is -3.40. The Bertz CT molecular complexity index is 1180. The second-order valence-corrected chi connectivity index (χ2v) is 10.4. The van der Waals surface area contributed by atoms with Crippen molar-refractivity contribution in [3.8, 4) is 0 Å². The van der Waals surface area contributed by atoms with E-state index < -0.39 is 10.0 Å². The highest BCUT2D eigenvalue weighted by Crippen LogP contribution is 2.22. The molecule has 1 aromatic heterocycles. The summed E-state index contributed by atoms with van der Waals surface area (Å²) in [6.07, 6.45) is 0. The van der Waals surface area contributed by atoms with E-state index in [4.69, 9.17) is 11.6 Å². The van der Waals surface area contributed by atoms with E-state index in [9.17, 15) is 8.42 Å². The zero-order chi connectivity index (χ0) is 22.7. The first-order chi connectivity index (χ1) is 15.3. The third-order valence-corrected chi connectivity index (χ3v) is 7.47. The normalized spacial score (nSPS) is 15.0. The molecule has 0 saturated carbocycles. The minimum absolute atomic E-state index is 0.0264. The zero-order valence-corrected chi connectivity index (χ0v) is 19.7. The molecule has 1 saturated heterocycles. The number of nitrogens with one attached hydrogen (secondary N) is 1. The Kier molecular flexibility index (Phi) is 6.64. The highest BCUT2D eigenvalue weighted by Gasteiger charge is 2.28. The van der Waals surface area contributed by atoms with E-state index in [0.29, 0.717) is 37.1 Å². The number of sulfonamides is 1. The fourth-order valence-corrected chi connectivity index (χ4v) is 5.26. The Morgan fingerprint density at radius 1 is 0.938 bits per heavy atom. The van der Waals surface area contributed by atoms with Gasteiger partial charge in [0.25, 0.3) is 0 Å². The molecule has 1 aliphatic heterocycles. The van der Waals surface area contributed by atoms with Crippen molar-refractivity contribution in [2.75, 3.05) is 36.4 Å². The van der Waals surface area contributed by atoms with Gasteiger partial charge in [-0.3, -0.25) is 0 Å². The first-order valence-electron chi connectivity index (χ1n) is 10.5.